The Morgan fingerprint density at radius 3 is 2.19 bits per heavy atom. The summed E-state index contributed by atoms with van der Waals surface area (Å²) in [6.07, 6.45) is -0.516. The number of esters is 3. The summed E-state index contributed by atoms with van der Waals surface area (Å²) in [5, 5.41) is 0. The Bertz CT molecular complexity index is 844. The maximum absolute atomic E-state index is 11.7. The number of carbonyl (C=O) groups excluding carboxylic acids is 3. The van der Waals surface area contributed by atoms with Gasteiger partial charge in [-0.1, -0.05) is 32.9 Å². The van der Waals surface area contributed by atoms with Gasteiger partial charge in [-0.2, -0.15) is 0 Å². The molecular weight excluding hydrogens is 468 g/mol. The van der Waals surface area contributed by atoms with E-state index in [0.717, 1.165) is 25.0 Å². The van der Waals surface area contributed by atoms with E-state index in [2.05, 4.69) is 32.9 Å². The molecule has 1 aromatic rings. The van der Waals surface area contributed by atoms with Gasteiger partial charge < -0.3 is 28.4 Å². The van der Waals surface area contributed by atoms with E-state index >= 15 is 0 Å². The van der Waals surface area contributed by atoms with Crippen LogP contribution in [0.2, 0.25) is 0 Å². The second-order valence-electron chi connectivity index (χ2n) is 10.2. The van der Waals surface area contributed by atoms with Gasteiger partial charge in [-0.15, -0.1) is 0 Å². The minimum atomic E-state index is -0.952. The highest BCUT2D eigenvalue weighted by Gasteiger charge is 2.44. The van der Waals surface area contributed by atoms with Crippen LogP contribution >= 0.6 is 0 Å². The number of hydrogen-bond acceptors (Lipinski definition) is 9. The van der Waals surface area contributed by atoms with Gasteiger partial charge in [-0.3, -0.25) is 14.4 Å². The second-order valence-corrected chi connectivity index (χ2v) is 10.2. The van der Waals surface area contributed by atoms with Crippen molar-refractivity contribution < 1.29 is 42.8 Å². The minimum Gasteiger partial charge on any atom is -0.493 e. The van der Waals surface area contributed by atoms with Gasteiger partial charge in [-0.25, -0.2) is 0 Å². The maximum atomic E-state index is 11.7. The standard InChI is InChI=1S/C27H40O9/c1-18(28)32-16-23-15-24(34-19(2)29)25(35-20(3)30)26(36-23)31-14-8-7-9-21-10-12-22(13-11-21)33-17-27(4,5)6/h10-13,23-26H,7-9,14-17H2,1-6H3/t23-,24-,25+,26+/m0/s1. The molecule has 9 nitrogen and oxygen atoms in total. The minimum absolute atomic E-state index is 0.0186. The van der Waals surface area contributed by atoms with E-state index in [0.29, 0.717) is 13.2 Å². The van der Waals surface area contributed by atoms with E-state index in [1.54, 1.807) is 0 Å². The number of carbonyl (C=O) groups is 3. The summed E-state index contributed by atoms with van der Waals surface area (Å²) in [4.78, 5) is 34.5. The zero-order valence-corrected chi connectivity index (χ0v) is 22.2. The third-order valence-electron chi connectivity index (χ3n) is 5.29. The lowest BCUT2D eigenvalue weighted by molar-refractivity contribution is -0.279. The molecule has 1 aliphatic heterocycles. The van der Waals surface area contributed by atoms with Gasteiger partial charge in [-0.05, 0) is 42.4 Å². The molecule has 0 aromatic heterocycles. The lowest BCUT2D eigenvalue weighted by Gasteiger charge is -2.39. The molecule has 1 heterocycles. The predicted octanol–water partition coefficient (Wildman–Crippen LogP) is 3.99. The third-order valence-corrected chi connectivity index (χ3v) is 5.29. The Balaban J connectivity index is 1.88. The topological polar surface area (TPSA) is 107 Å². The van der Waals surface area contributed by atoms with E-state index < -0.39 is 42.5 Å². The van der Waals surface area contributed by atoms with Crippen LogP contribution in [0, 0.1) is 5.41 Å². The number of benzene rings is 1. The second kappa shape index (κ2) is 14.2. The highest BCUT2D eigenvalue weighted by Crippen LogP contribution is 2.27. The van der Waals surface area contributed by atoms with Crippen molar-refractivity contribution in [2.24, 2.45) is 5.41 Å². The van der Waals surface area contributed by atoms with Crippen LogP contribution in [0.15, 0.2) is 24.3 Å². The summed E-state index contributed by atoms with van der Waals surface area (Å²) < 4.78 is 33.5. The van der Waals surface area contributed by atoms with Gasteiger partial charge in [0.2, 0.25) is 0 Å². The molecule has 2 rings (SSSR count). The fourth-order valence-corrected chi connectivity index (χ4v) is 3.68. The summed E-state index contributed by atoms with van der Waals surface area (Å²) in [5.41, 5.74) is 1.30. The first kappa shape index (κ1) is 29.6. The molecule has 1 aromatic carbocycles. The first-order chi connectivity index (χ1) is 16.9. The molecule has 0 aliphatic carbocycles. The molecule has 9 heteroatoms. The highest BCUT2D eigenvalue weighted by molar-refractivity contribution is 5.67. The van der Waals surface area contributed by atoms with Crippen LogP contribution in [0.5, 0.6) is 5.75 Å². The molecule has 1 saturated heterocycles. The molecule has 202 valence electrons. The van der Waals surface area contributed by atoms with Crippen LogP contribution < -0.4 is 4.74 Å². The fraction of sp³-hybridized carbons (Fsp3) is 0.667. The number of aryl methyl sites for hydroxylation is 1. The molecule has 0 unspecified atom stereocenters. The zero-order chi connectivity index (χ0) is 26.7. The van der Waals surface area contributed by atoms with Crippen molar-refractivity contribution in [3.63, 3.8) is 0 Å². The number of ether oxygens (including phenoxy) is 6. The lowest BCUT2D eigenvalue weighted by atomic mass is 9.99. The summed E-state index contributed by atoms with van der Waals surface area (Å²) in [6.45, 7) is 11.2. The quantitative estimate of drug-likeness (QED) is 0.235. The largest absolute Gasteiger partial charge is 0.493 e. The van der Waals surface area contributed by atoms with E-state index in [9.17, 15) is 14.4 Å². The van der Waals surface area contributed by atoms with Crippen molar-refractivity contribution in [3.8, 4) is 5.75 Å². The normalized spacial score (nSPS) is 21.9. The van der Waals surface area contributed by atoms with E-state index in [-0.39, 0.29) is 18.4 Å². The summed E-state index contributed by atoms with van der Waals surface area (Å²) in [5.74, 6) is -0.647. The number of rotatable bonds is 12. The van der Waals surface area contributed by atoms with Crippen LogP contribution in [0.3, 0.4) is 0 Å². The van der Waals surface area contributed by atoms with E-state index in [4.69, 9.17) is 28.4 Å². The molecule has 0 amide bonds. The monoisotopic (exact) mass is 508 g/mol. The number of hydrogen-bond donors (Lipinski definition) is 0. The highest BCUT2D eigenvalue weighted by atomic mass is 16.7. The maximum Gasteiger partial charge on any atom is 0.303 e. The predicted molar refractivity (Wildman–Crippen MR) is 131 cm³/mol. The van der Waals surface area contributed by atoms with Gasteiger partial charge >= 0.3 is 17.9 Å². The van der Waals surface area contributed by atoms with E-state index in [1.165, 1.54) is 26.3 Å². The van der Waals surface area contributed by atoms with Gasteiger partial charge in [0.25, 0.3) is 0 Å². The van der Waals surface area contributed by atoms with Crippen molar-refractivity contribution in [3.05, 3.63) is 29.8 Å². The van der Waals surface area contributed by atoms with Crippen molar-refractivity contribution in [2.75, 3.05) is 19.8 Å². The van der Waals surface area contributed by atoms with Crippen LogP contribution in [0.1, 0.15) is 66.4 Å². The zero-order valence-electron chi connectivity index (χ0n) is 22.2. The van der Waals surface area contributed by atoms with Crippen molar-refractivity contribution in [1.82, 2.24) is 0 Å². The average molecular weight is 509 g/mol. The fourth-order valence-electron chi connectivity index (χ4n) is 3.68. The van der Waals surface area contributed by atoms with Gasteiger partial charge in [0.05, 0.1) is 12.7 Å². The van der Waals surface area contributed by atoms with Gasteiger partial charge in [0.1, 0.15) is 18.5 Å². The summed E-state index contributed by atoms with van der Waals surface area (Å²) in [6, 6.07) is 8.08. The molecule has 1 fully saturated rings. The number of unbranched alkanes of at least 4 members (excludes halogenated alkanes) is 1. The van der Waals surface area contributed by atoms with Crippen molar-refractivity contribution in [2.45, 2.75) is 91.8 Å². The first-order valence-electron chi connectivity index (χ1n) is 12.4. The average Bonchev–Trinajstić information content (AvgIpc) is 2.77. The first-order valence-corrected chi connectivity index (χ1v) is 12.4. The van der Waals surface area contributed by atoms with Gasteiger partial charge in [0.15, 0.2) is 12.4 Å². The lowest BCUT2D eigenvalue weighted by Crippen LogP contribution is -2.54. The molecule has 0 spiro atoms. The Morgan fingerprint density at radius 2 is 1.61 bits per heavy atom. The SMILES string of the molecule is CC(=O)OC[C@@H]1C[C@H](OC(C)=O)[C@@H](OC(C)=O)[C@H](OCCCCc2ccc(OCC(C)(C)C)cc2)O1. The molecular formula is C27H40O9. The summed E-state index contributed by atoms with van der Waals surface area (Å²) >= 11 is 0. The Kier molecular flexibility index (Phi) is 11.7. The van der Waals surface area contributed by atoms with Crippen molar-refractivity contribution in [1.29, 1.82) is 0 Å². The van der Waals surface area contributed by atoms with Crippen LogP contribution in [0.4, 0.5) is 0 Å². The molecule has 36 heavy (non-hydrogen) atoms. The van der Waals surface area contributed by atoms with E-state index in [1.807, 2.05) is 12.1 Å². The molecule has 4 atom stereocenters. The van der Waals surface area contributed by atoms with Crippen LogP contribution in [0.25, 0.3) is 0 Å². The van der Waals surface area contributed by atoms with Crippen molar-refractivity contribution >= 4 is 17.9 Å². The third kappa shape index (κ3) is 11.4. The smallest absolute Gasteiger partial charge is 0.303 e. The van der Waals surface area contributed by atoms with Crippen LogP contribution in [-0.2, 0) is 44.5 Å². The Hall–Kier alpha value is -2.65. The van der Waals surface area contributed by atoms with Crippen LogP contribution in [-0.4, -0.2) is 62.3 Å². The Morgan fingerprint density at radius 1 is 0.944 bits per heavy atom. The molecule has 0 bridgehead atoms. The molecule has 0 N–H and O–H groups in total. The molecule has 0 radical (unpaired) electrons. The van der Waals surface area contributed by atoms with Gasteiger partial charge in [0, 0.05) is 33.8 Å². The molecule has 1 aliphatic rings. The summed E-state index contributed by atoms with van der Waals surface area (Å²) in [7, 11) is 0. The molecule has 0 saturated carbocycles. The Labute approximate surface area is 213 Å².